The summed E-state index contributed by atoms with van der Waals surface area (Å²) in [5, 5.41) is 18.8. The van der Waals surface area contributed by atoms with Crippen molar-refractivity contribution in [3.63, 3.8) is 0 Å². The zero-order valence-corrected chi connectivity index (χ0v) is 11.0. The van der Waals surface area contributed by atoms with Crippen molar-refractivity contribution < 1.29 is 18.3 Å². The molecule has 0 bridgehead atoms. The Morgan fingerprint density at radius 2 is 1.91 bits per heavy atom. The van der Waals surface area contributed by atoms with E-state index >= 15 is 0 Å². The number of hydrogen-bond donors (Lipinski definition) is 2. The molecular formula is C14H9F3N4O. The molecule has 22 heavy (non-hydrogen) atoms. The second-order valence-corrected chi connectivity index (χ2v) is 4.61. The molecule has 0 unspecified atom stereocenters. The minimum Gasteiger partial charge on any atom is -0.507 e. The van der Waals surface area contributed by atoms with E-state index in [-0.39, 0.29) is 16.9 Å². The average Bonchev–Trinajstić information content (AvgIpc) is 2.46. The molecule has 2 aromatic heterocycles. The zero-order chi connectivity index (χ0) is 15.9. The predicted octanol–water partition coefficient (Wildman–Crippen LogP) is 3.00. The maximum atomic E-state index is 12.7. The number of anilines is 1. The van der Waals surface area contributed by atoms with Gasteiger partial charge in [0.05, 0.1) is 17.3 Å². The van der Waals surface area contributed by atoms with E-state index in [1.165, 1.54) is 18.6 Å². The van der Waals surface area contributed by atoms with E-state index in [1.54, 1.807) is 6.07 Å². The first kappa shape index (κ1) is 14.1. The van der Waals surface area contributed by atoms with Gasteiger partial charge in [0.1, 0.15) is 11.4 Å². The van der Waals surface area contributed by atoms with Crippen LogP contribution in [0.5, 0.6) is 5.75 Å². The minimum atomic E-state index is -4.60. The number of phenolic OH excluding ortho intramolecular Hbond substituents is 1. The van der Waals surface area contributed by atoms with Crippen LogP contribution in [0, 0.1) is 0 Å². The molecule has 2 heterocycles. The standard InChI is InChI=1S/C14H9F3N4O/c15-14(16,17)8-3-10(18)12(11(22)4-8)13-9-1-2-19-5-7(9)6-20-21-13/h1-6,22H,18H2. The number of aromatic nitrogens is 3. The van der Waals surface area contributed by atoms with Crippen LogP contribution >= 0.6 is 0 Å². The molecule has 0 aliphatic rings. The monoisotopic (exact) mass is 306 g/mol. The van der Waals surface area contributed by atoms with Gasteiger partial charge in [0.2, 0.25) is 0 Å². The highest BCUT2D eigenvalue weighted by Gasteiger charge is 2.32. The van der Waals surface area contributed by atoms with Crippen LogP contribution < -0.4 is 5.73 Å². The highest BCUT2D eigenvalue weighted by atomic mass is 19.4. The highest BCUT2D eigenvalue weighted by Crippen LogP contribution is 2.41. The van der Waals surface area contributed by atoms with Crippen LogP contribution in [0.15, 0.2) is 36.8 Å². The summed E-state index contributed by atoms with van der Waals surface area (Å²) < 4.78 is 38.2. The van der Waals surface area contributed by atoms with Gasteiger partial charge < -0.3 is 10.8 Å². The molecule has 0 radical (unpaired) electrons. The number of halogens is 3. The number of pyridine rings is 1. The summed E-state index contributed by atoms with van der Waals surface area (Å²) in [7, 11) is 0. The lowest BCUT2D eigenvalue weighted by molar-refractivity contribution is -0.137. The number of nitrogen functional groups attached to an aromatic ring is 1. The number of rotatable bonds is 1. The normalized spacial score (nSPS) is 11.8. The Bertz CT molecular complexity index is 836. The van der Waals surface area contributed by atoms with Gasteiger partial charge in [0, 0.05) is 28.9 Å². The summed E-state index contributed by atoms with van der Waals surface area (Å²) in [5.74, 6) is -0.606. The van der Waals surface area contributed by atoms with Gasteiger partial charge in [-0.25, -0.2) is 0 Å². The van der Waals surface area contributed by atoms with Gasteiger partial charge in [-0.15, -0.1) is 5.10 Å². The van der Waals surface area contributed by atoms with Crippen LogP contribution in [0.3, 0.4) is 0 Å². The Morgan fingerprint density at radius 1 is 1.14 bits per heavy atom. The Labute approximate surface area is 122 Å². The number of phenols is 1. The summed E-state index contributed by atoms with van der Waals surface area (Å²) in [6.07, 6.45) is -0.0999. The number of nitrogens with two attached hydrogens (primary N) is 1. The molecule has 3 rings (SSSR count). The number of alkyl halides is 3. The smallest absolute Gasteiger partial charge is 0.416 e. The maximum Gasteiger partial charge on any atom is 0.416 e. The minimum absolute atomic E-state index is 0.0114. The van der Waals surface area contributed by atoms with Crippen molar-refractivity contribution in [2.24, 2.45) is 0 Å². The lowest BCUT2D eigenvalue weighted by Gasteiger charge is -2.13. The molecular weight excluding hydrogens is 297 g/mol. The van der Waals surface area contributed by atoms with E-state index in [0.717, 1.165) is 6.07 Å². The second-order valence-electron chi connectivity index (χ2n) is 4.61. The maximum absolute atomic E-state index is 12.7. The Morgan fingerprint density at radius 3 is 2.59 bits per heavy atom. The first-order chi connectivity index (χ1) is 10.4. The third-order valence-electron chi connectivity index (χ3n) is 3.17. The zero-order valence-electron chi connectivity index (χ0n) is 11.0. The predicted molar refractivity (Wildman–Crippen MR) is 73.8 cm³/mol. The van der Waals surface area contributed by atoms with E-state index < -0.39 is 17.5 Å². The van der Waals surface area contributed by atoms with E-state index in [2.05, 4.69) is 15.2 Å². The van der Waals surface area contributed by atoms with Crippen LogP contribution in [-0.2, 0) is 6.18 Å². The largest absolute Gasteiger partial charge is 0.507 e. The third kappa shape index (κ3) is 2.28. The van der Waals surface area contributed by atoms with Crippen molar-refractivity contribution in [3.05, 3.63) is 42.4 Å². The van der Waals surface area contributed by atoms with Crippen LogP contribution in [0.2, 0.25) is 0 Å². The van der Waals surface area contributed by atoms with Gasteiger partial charge >= 0.3 is 6.18 Å². The molecule has 0 aliphatic heterocycles. The van der Waals surface area contributed by atoms with E-state index in [0.29, 0.717) is 16.8 Å². The van der Waals surface area contributed by atoms with E-state index in [1.807, 2.05) is 0 Å². The van der Waals surface area contributed by atoms with Crippen LogP contribution in [0.4, 0.5) is 18.9 Å². The van der Waals surface area contributed by atoms with Crippen molar-refractivity contribution in [1.82, 2.24) is 15.2 Å². The highest BCUT2D eigenvalue weighted by molar-refractivity contribution is 5.97. The van der Waals surface area contributed by atoms with Gasteiger partial charge in [-0.1, -0.05) is 0 Å². The molecule has 8 heteroatoms. The van der Waals surface area contributed by atoms with Gasteiger partial charge in [-0.3, -0.25) is 4.98 Å². The molecule has 3 aromatic rings. The second kappa shape index (κ2) is 4.83. The summed E-state index contributed by atoms with van der Waals surface area (Å²) in [6, 6.07) is 3.00. The molecule has 0 atom stereocenters. The molecule has 0 aliphatic carbocycles. The summed E-state index contributed by atoms with van der Waals surface area (Å²) in [4.78, 5) is 3.93. The fraction of sp³-hybridized carbons (Fsp3) is 0.0714. The van der Waals surface area contributed by atoms with Crippen molar-refractivity contribution in [1.29, 1.82) is 0 Å². The summed E-state index contributed by atoms with van der Waals surface area (Å²) in [5.41, 5.74) is 4.65. The van der Waals surface area contributed by atoms with Crippen molar-refractivity contribution >= 4 is 16.5 Å². The fourth-order valence-corrected chi connectivity index (χ4v) is 2.18. The third-order valence-corrected chi connectivity index (χ3v) is 3.17. The Balaban J connectivity index is 2.28. The quantitative estimate of drug-likeness (QED) is 0.675. The SMILES string of the molecule is Nc1cc(C(F)(F)F)cc(O)c1-c1nncc2cnccc12. The molecule has 5 nitrogen and oxygen atoms in total. The van der Waals surface area contributed by atoms with Crippen molar-refractivity contribution in [3.8, 4) is 17.0 Å². The van der Waals surface area contributed by atoms with Crippen molar-refractivity contribution in [2.45, 2.75) is 6.18 Å². The first-order valence-corrected chi connectivity index (χ1v) is 6.13. The average molecular weight is 306 g/mol. The summed E-state index contributed by atoms with van der Waals surface area (Å²) in [6.45, 7) is 0. The molecule has 3 N–H and O–H groups in total. The Hall–Kier alpha value is -2.90. The van der Waals surface area contributed by atoms with E-state index in [9.17, 15) is 18.3 Å². The van der Waals surface area contributed by atoms with Crippen molar-refractivity contribution in [2.75, 3.05) is 5.73 Å². The summed E-state index contributed by atoms with van der Waals surface area (Å²) >= 11 is 0. The lowest BCUT2D eigenvalue weighted by atomic mass is 10.0. The van der Waals surface area contributed by atoms with Gasteiger partial charge in [0.15, 0.2) is 0 Å². The van der Waals surface area contributed by atoms with Crippen LogP contribution in [0.25, 0.3) is 22.0 Å². The number of benzene rings is 1. The molecule has 0 saturated carbocycles. The number of hydrogen-bond acceptors (Lipinski definition) is 5. The number of nitrogens with zero attached hydrogens (tertiary/aromatic N) is 3. The van der Waals surface area contributed by atoms with E-state index in [4.69, 9.17) is 5.73 Å². The first-order valence-electron chi connectivity index (χ1n) is 6.13. The Kier molecular flexibility index (Phi) is 3.09. The lowest BCUT2D eigenvalue weighted by Crippen LogP contribution is -2.06. The topological polar surface area (TPSA) is 84.9 Å². The van der Waals surface area contributed by atoms with Gasteiger partial charge in [-0.05, 0) is 18.2 Å². The number of aromatic hydroxyl groups is 1. The molecule has 0 amide bonds. The molecule has 0 saturated heterocycles. The molecule has 0 spiro atoms. The molecule has 0 fully saturated rings. The van der Waals surface area contributed by atoms with Crippen LogP contribution in [-0.4, -0.2) is 20.3 Å². The van der Waals surface area contributed by atoms with Crippen LogP contribution in [0.1, 0.15) is 5.56 Å². The fourth-order valence-electron chi connectivity index (χ4n) is 2.18. The molecule has 1 aromatic carbocycles. The van der Waals surface area contributed by atoms with Gasteiger partial charge in [-0.2, -0.15) is 18.3 Å². The van der Waals surface area contributed by atoms with Gasteiger partial charge in [0.25, 0.3) is 0 Å². The number of fused-ring (bicyclic) bond motifs is 1. The molecule has 112 valence electrons.